The summed E-state index contributed by atoms with van der Waals surface area (Å²) in [5.74, 6) is -1.19. The summed E-state index contributed by atoms with van der Waals surface area (Å²) in [5, 5.41) is 9.08. The summed E-state index contributed by atoms with van der Waals surface area (Å²) < 4.78 is 11.2. The van der Waals surface area contributed by atoms with Crippen LogP contribution in [-0.2, 0) is 14.4 Å². The van der Waals surface area contributed by atoms with Crippen LogP contribution in [0.5, 0.6) is 11.5 Å². The summed E-state index contributed by atoms with van der Waals surface area (Å²) in [6.45, 7) is 6.98. The number of amides is 1. The van der Waals surface area contributed by atoms with Crippen molar-refractivity contribution < 1.29 is 29.0 Å². The molecule has 26 heavy (non-hydrogen) atoms. The molecular weight excluding hydrogens is 338 g/mol. The fourth-order valence-corrected chi connectivity index (χ4v) is 2.74. The lowest BCUT2D eigenvalue weighted by Crippen LogP contribution is -2.37. The van der Waals surface area contributed by atoms with Gasteiger partial charge >= 0.3 is 5.97 Å². The van der Waals surface area contributed by atoms with Gasteiger partial charge in [0.1, 0.15) is 5.57 Å². The van der Waals surface area contributed by atoms with Gasteiger partial charge in [0.25, 0.3) is 0 Å². The summed E-state index contributed by atoms with van der Waals surface area (Å²) in [6, 6.07) is 5.57. The van der Waals surface area contributed by atoms with Crippen LogP contribution in [0.1, 0.15) is 38.7 Å². The van der Waals surface area contributed by atoms with Crippen LogP contribution in [0.2, 0.25) is 0 Å². The summed E-state index contributed by atoms with van der Waals surface area (Å²) in [6.07, 6.45) is 0.712. The van der Waals surface area contributed by atoms with Gasteiger partial charge in [0.15, 0.2) is 17.3 Å². The molecule has 0 radical (unpaired) electrons. The van der Waals surface area contributed by atoms with Gasteiger partial charge in [-0.2, -0.15) is 0 Å². The van der Waals surface area contributed by atoms with Crippen LogP contribution in [0.15, 0.2) is 30.0 Å². The molecule has 0 aliphatic carbocycles. The van der Waals surface area contributed by atoms with E-state index >= 15 is 0 Å². The lowest BCUT2D eigenvalue weighted by molar-refractivity contribution is -0.138. The Balaban J connectivity index is 2.22. The molecule has 140 valence electrons. The number of rotatable bonds is 8. The highest BCUT2D eigenvalue weighted by Crippen LogP contribution is 2.32. The molecule has 1 aromatic carbocycles. The molecule has 1 heterocycles. The van der Waals surface area contributed by atoms with Crippen LogP contribution < -0.4 is 9.47 Å². The van der Waals surface area contributed by atoms with Crippen molar-refractivity contribution in [2.24, 2.45) is 0 Å². The second kappa shape index (κ2) is 8.51. The summed E-state index contributed by atoms with van der Waals surface area (Å²) in [5.41, 5.74) is 0.561. The number of carboxylic acids is 1. The van der Waals surface area contributed by atoms with Crippen molar-refractivity contribution in [3.05, 3.63) is 35.5 Å². The Morgan fingerprint density at radius 1 is 1.19 bits per heavy atom. The van der Waals surface area contributed by atoms with Crippen molar-refractivity contribution in [2.75, 3.05) is 19.8 Å². The highest BCUT2D eigenvalue weighted by Gasteiger charge is 2.30. The molecule has 0 saturated carbocycles. The zero-order valence-electron chi connectivity index (χ0n) is 15.2. The first-order valence-electron chi connectivity index (χ1n) is 8.54. The van der Waals surface area contributed by atoms with E-state index in [9.17, 15) is 14.4 Å². The third-order valence-electron chi connectivity index (χ3n) is 4.05. The molecule has 1 atom stereocenters. The summed E-state index contributed by atoms with van der Waals surface area (Å²) in [7, 11) is 0. The summed E-state index contributed by atoms with van der Waals surface area (Å²) in [4.78, 5) is 36.1. The molecule has 0 saturated heterocycles. The minimum Gasteiger partial charge on any atom is -0.490 e. The van der Waals surface area contributed by atoms with Crippen molar-refractivity contribution in [1.29, 1.82) is 0 Å². The van der Waals surface area contributed by atoms with E-state index in [1.165, 1.54) is 4.90 Å². The van der Waals surface area contributed by atoms with Gasteiger partial charge in [0.2, 0.25) is 5.91 Å². The Kier molecular flexibility index (Phi) is 6.38. The first kappa shape index (κ1) is 19.5. The standard InChI is InChI=1S/C19H23NO6/c1-4-25-16-7-6-13(8-17(16)26-5-2)12(3)10-20-11-14(19(23)24)15(21)9-18(20)22/h6-8,11-12H,4-5,9-10H2,1-3H3,(H,23,24). The van der Waals surface area contributed by atoms with E-state index in [0.717, 1.165) is 11.8 Å². The maximum atomic E-state index is 12.1. The number of nitrogens with zero attached hydrogens (tertiary/aromatic N) is 1. The molecular formula is C19H23NO6. The number of carbonyl (C=O) groups excluding carboxylic acids is 2. The lowest BCUT2D eigenvalue weighted by atomic mass is 9.98. The van der Waals surface area contributed by atoms with Crippen molar-refractivity contribution >= 4 is 17.7 Å². The van der Waals surface area contributed by atoms with E-state index in [1.807, 2.05) is 39.0 Å². The quantitative estimate of drug-likeness (QED) is 0.564. The van der Waals surface area contributed by atoms with Crippen molar-refractivity contribution in [3.8, 4) is 11.5 Å². The normalized spacial score (nSPS) is 15.5. The van der Waals surface area contributed by atoms with Gasteiger partial charge in [0.05, 0.1) is 19.6 Å². The number of benzene rings is 1. The lowest BCUT2D eigenvalue weighted by Gasteiger charge is -2.26. The molecule has 0 bridgehead atoms. The van der Waals surface area contributed by atoms with Crippen molar-refractivity contribution in [3.63, 3.8) is 0 Å². The molecule has 0 spiro atoms. The largest absolute Gasteiger partial charge is 0.490 e. The monoisotopic (exact) mass is 361 g/mol. The molecule has 0 aromatic heterocycles. The first-order valence-corrected chi connectivity index (χ1v) is 8.54. The number of carboxylic acid groups (broad SMARTS) is 1. The van der Waals surface area contributed by atoms with Crippen molar-refractivity contribution in [2.45, 2.75) is 33.1 Å². The van der Waals surface area contributed by atoms with Gasteiger partial charge in [-0.05, 0) is 37.5 Å². The van der Waals surface area contributed by atoms with E-state index in [4.69, 9.17) is 14.6 Å². The molecule has 7 heteroatoms. The van der Waals surface area contributed by atoms with E-state index in [2.05, 4.69) is 0 Å². The topological polar surface area (TPSA) is 93.1 Å². The Morgan fingerprint density at radius 3 is 2.46 bits per heavy atom. The van der Waals surface area contributed by atoms with Gasteiger partial charge in [-0.25, -0.2) is 4.79 Å². The predicted octanol–water partition coefficient (Wildman–Crippen LogP) is 2.36. The van der Waals surface area contributed by atoms with Crippen molar-refractivity contribution in [1.82, 2.24) is 4.90 Å². The minimum absolute atomic E-state index is 0.0895. The number of ketones is 1. The second-order valence-corrected chi connectivity index (χ2v) is 5.97. The third-order valence-corrected chi connectivity index (χ3v) is 4.05. The molecule has 7 nitrogen and oxygen atoms in total. The van der Waals surface area contributed by atoms with Gasteiger partial charge < -0.3 is 19.5 Å². The maximum absolute atomic E-state index is 12.1. The molecule has 0 fully saturated rings. The molecule has 1 N–H and O–H groups in total. The van der Waals surface area contributed by atoms with Crippen LogP contribution in [0, 0.1) is 0 Å². The van der Waals surface area contributed by atoms with Crippen LogP contribution in [-0.4, -0.2) is 47.4 Å². The van der Waals surface area contributed by atoms with E-state index in [-0.39, 0.29) is 18.0 Å². The molecule has 1 aliphatic heterocycles. The fourth-order valence-electron chi connectivity index (χ4n) is 2.74. The predicted molar refractivity (Wildman–Crippen MR) is 94.3 cm³/mol. The molecule has 1 amide bonds. The number of aliphatic carboxylic acids is 1. The van der Waals surface area contributed by atoms with Crippen LogP contribution in [0.25, 0.3) is 0 Å². The average Bonchev–Trinajstić information content (AvgIpc) is 2.58. The van der Waals surface area contributed by atoms with Gasteiger partial charge in [-0.1, -0.05) is 13.0 Å². The van der Waals surface area contributed by atoms with Crippen LogP contribution in [0.4, 0.5) is 0 Å². The van der Waals surface area contributed by atoms with Gasteiger partial charge in [0, 0.05) is 12.7 Å². The number of ether oxygens (including phenoxy) is 2. The van der Waals surface area contributed by atoms with Gasteiger partial charge in [-0.3, -0.25) is 9.59 Å². The van der Waals surface area contributed by atoms with Crippen LogP contribution in [0.3, 0.4) is 0 Å². The highest BCUT2D eigenvalue weighted by molar-refractivity contribution is 6.22. The number of hydrogen-bond acceptors (Lipinski definition) is 5. The molecule has 1 aromatic rings. The van der Waals surface area contributed by atoms with E-state index < -0.39 is 24.1 Å². The maximum Gasteiger partial charge on any atom is 0.340 e. The molecule has 1 aliphatic rings. The molecule has 2 rings (SSSR count). The second-order valence-electron chi connectivity index (χ2n) is 5.97. The number of Topliss-reactive ketones (excluding diaryl/α,β-unsaturated/α-hetero) is 1. The smallest absolute Gasteiger partial charge is 0.340 e. The van der Waals surface area contributed by atoms with E-state index in [0.29, 0.717) is 24.7 Å². The Hall–Kier alpha value is -2.83. The fraction of sp³-hybridized carbons (Fsp3) is 0.421. The van der Waals surface area contributed by atoms with Crippen LogP contribution >= 0.6 is 0 Å². The van der Waals surface area contributed by atoms with Gasteiger partial charge in [-0.15, -0.1) is 0 Å². The molecule has 1 unspecified atom stereocenters. The third kappa shape index (κ3) is 4.41. The SMILES string of the molecule is CCOc1ccc(C(C)CN2C=C(C(=O)O)C(=O)CC2=O)cc1OCC. The summed E-state index contributed by atoms with van der Waals surface area (Å²) >= 11 is 0. The highest BCUT2D eigenvalue weighted by atomic mass is 16.5. The number of hydrogen-bond donors (Lipinski definition) is 1. The Morgan fingerprint density at radius 2 is 1.85 bits per heavy atom. The Labute approximate surface area is 152 Å². The number of carbonyl (C=O) groups is 3. The van der Waals surface area contributed by atoms with E-state index in [1.54, 1.807) is 0 Å². The minimum atomic E-state index is -1.32. The average molecular weight is 361 g/mol. The first-order chi connectivity index (χ1) is 12.4. The Bertz CT molecular complexity index is 740. The zero-order valence-corrected chi connectivity index (χ0v) is 15.2. The zero-order chi connectivity index (χ0) is 19.3.